The maximum atomic E-state index is 12.3. The number of fused-ring (bicyclic) bond motifs is 1. The van der Waals surface area contributed by atoms with E-state index in [9.17, 15) is 4.79 Å². The van der Waals surface area contributed by atoms with Gasteiger partial charge in [-0.05, 0) is 36.8 Å². The highest BCUT2D eigenvalue weighted by Gasteiger charge is 2.11. The molecule has 3 aromatic heterocycles. The highest BCUT2D eigenvalue weighted by molar-refractivity contribution is 7.19. The van der Waals surface area contributed by atoms with Gasteiger partial charge in [0.25, 0.3) is 0 Å². The van der Waals surface area contributed by atoms with Crippen molar-refractivity contribution in [2.24, 2.45) is 0 Å². The summed E-state index contributed by atoms with van der Waals surface area (Å²) >= 11 is 7.54. The first-order valence-corrected chi connectivity index (χ1v) is 9.23. The molecule has 0 saturated heterocycles. The highest BCUT2D eigenvalue weighted by atomic mass is 35.5. The standard InChI is InChI=1S/C17H15ClN6OS/c1-2-24-20-9-16(22-24)21-17(25)10-23-13-4-3-11(7-12(13)8-19-23)14-5-6-15(18)26-14/h3-9H,2,10H2,1H3,(H,21,22,25). The SMILES string of the molecule is CCn1ncc(NC(=O)Cn2ncc3cc(-c4ccc(Cl)s4)ccc32)n1. The third-order valence-electron chi connectivity index (χ3n) is 3.88. The molecular formula is C17H15ClN6OS. The van der Waals surface area contributed by atoms with E-state index in [0.29, 0.717) is 12.4 Å². The molecule has 0 fully saturated rings. The summed E-state index contributed by atoms with van der Waals surface area (Å²) in [5, 5.41) is 16.2. The average Bonchev–Trinajstić information content (AvgIpc) is 3.35. The number of rotatable bonds is 5. The monoisotopic (exact) mass is 386 g/mol. The van der Waals surface area contributed by atoms with E-state index < -0.39 is 0 Å². The van der Waals surface area contributed by atoms with Gasteiger partial charge >= 0.3 is 0 Å². The zero-order valence-corrected chi connectivity index (χ0v) is 15.5. The number of halogens is 1. The van der Waals surface area contributed by atoms with Crippen LogP contribution in [0, 0.1) is 0 Å². The average molecular weight is 387 g/mol. The van der Waals surface area contributed by atoms with Gasteiger partial charge in [-0.15, -0.1) is 16.4 Å². The fourth-order valence-electron chi connectivity index (χ4n) is 2.66. The molecule has 1 N–H and O–H groups in total. The van der Waals surface area contributed by atoms with Crippen LogP contribution in [0.25, 0.3) is 21.3 Å². The molecule has 1 amide bonds. The van der Waals surface area contributed by atoms with Crippen molar-refractivity contribution in [1.29, 1.82) is 0 Å². The Balaban J connectivity index is 1.52. The molecule has 0 radical (unpaired) electrons. The summed E-state index contributed by atoms with van der Waals surface area (Å²) in [7, 11) is 0. The van der Waals surface area contributed by atoms with Crippen LogP contribution < -0.4 is 5.32 Å². The Kier molecular flexibility index (Phi) is 4.44. The maximum Gasteiger partial charge on any atom is 0.247 e. The van der Waals surface area contributed by atoms with E-state index in [1.54, 1.807) is 10.9 Å². The molecule has 4 aromatic rings. The molecule has 4 rings (SSSR count). The number of benzene rings is 1. The van der Waals surface area contributed by atoms with Crippen LogP contribution in [0.2, 0.25) is 4.34 Å². The third kappa shape index (κ3) is 3.33. The van der Waals surface area contributed by atoms with Gasteiger partial charge in [0.05, 0.1) is 28.8 Å². The van der Waals surface area contributed by atoms with Gasteiger partial charge in [-0.25, -0.2) is 0 Å². The number of carbonyl (C=O) groups excluding carboxylic acids is 1. The lowest BCUT2D eigenvalue weighted by Crippen LogP contribution is -2.19. The summed E-state index contributed by atoms with van der Waals surface area (Å²) in [6.45, 7) is 2.68. The molecule has 0 atom stereocenters. The van der Waals surface area contributed by atoms with Gasteiger partial charge < -0.3 is 5.32 Å². The highest BCUT2D eigenvalue weighted by Crippen LogP contribution is 2.32. The molecule has 0 unspecified atom stereocenters. The second-order valence-electron chi connectivity index (χ2n) is 5.65. The predicted octanol–water partition coefficient (Wildman–Crippen LogP) is 3.67. The number of aryl methyl sites for hydroxylation is 1. The van der Waals surface area contributed by atoms with Crippen LogP contribution in [0.5, 0.6) is 0 Å². The van der Waals surface area contributed by atoms with Gasteiger partial charge in [-0.2, -0.15) is 15.0 Å². The number of hydrogen-bond donors (Lipinski definition) is 1. The van der Waals surface area contributed by atoms with Crippen LogP contribution in [0.3, 0.4) is 0 Å². The second kappa shape index (κ2) is 6.89. The maximum absolute atomic E-state index is 12.3. The van der Waals surface area contributed by atoms with Crippen LogP contribution in [0.15, 0.2) is 42.7 Å². The predicted molar refractivity (Wildman–Crippen MR) is 102 cm³/mol. The Labute approximate surface area is 158 Å². The molecule has 0 aliphatic rings. The number of carbonyl (C=O) groups is 1. The minimum atomic E-state index is -0.202. The van der Waals surface area contributed by atoms with E-state index in [-0.39, 0.29) is 12.5 Å². The van der Waals surface area contributed by atoms with E-state index in [0.717, 1.165) is 25.7 Å². The molecule has 0 spiro atoms. The third-order valence-corrected chi connectivity index (χ3v) is 5.16. The van der Waals surface area contributed by atoms with Crippen LogP contribution in [-0.4, -0.2) is 30.7 Å². The summed E-state index contributed by atoms with van der Waals surface area (Å²) in [6.07, 6.45) is 3.29. The number of amides is 1. The Morgan fingerprint density at radius 1 is 1.23 bits per heavy atom. The molecule has 0 aliphatic heterocycles. The summed E-state index contributed by atoms with van der Waals surface area (Å²) in [6, 6.07) is 9.90. The van der Waals surface area contributed by atoms with Gasteiger partial charge in [0.1, 0.15) is 6.54 Å². The zero-order chi connectivity index (χ0) is 18.1. The molecule has 0 saturated carbocycles. The molecule has 3 heterocycles. The van der Waals surface area contributed by atoms with Gasteiger partial charge in [-0.1, -0.05) is 17.7 Å². The van der Waals surface area contributed by atoms with E-state index in [1.165, 1.54) is 22.3 Å². The van der Waals surface area contributed by atoms with Crippen LogP contribution in [0.1, 0.15) is 6.92 Å². The molecular weight excluding hydrogens is 372 g/mol. The lowest BCUT2D eigenvalue weighted by Gasteiger charge is -2.04. The molecule has 0 bridgehead atoms. The molecule has 132 valence electrons. The Bertz CT molecular complexity index is 1080. The molecule has 26 heavy (non-hydrogen) atoms. The first-order valence-electron chi connectivity index (χ1n) is 8.03. The van der Waals surface area contributed by atoms with E-state index in [1.807, 2.05) is 37.3 Å². The number of thiophene rings is 1. The second-order valence-corrected chi connectivity index (χ2v) is 7.36. The van der Waals surface area contributed by atoms with E-state index >= 15 is 0 Å². The van der Waals surface area contributed by atoms with Crippen molar-refractivity contribution in [3.05, 3.63) is 47.1 Å². The van der Waals surface area contributed by atoms with Crippen LogP contribution in [-0.2, 0) is 17.9 Å². The summed E-state index contributed by atoms with van der Waals surface area (Å²) in [5.74, 6) is 0.234. The minimum absolute atomic E-state index is 0.104. The number of aromatic nitrogens is 5. The normalized spacial score (nSPS) is 11.2. The summed E-state index contributed by atoms with van der Waals surface area (Å²) in [4.78, 5) is 14.9. The Hall–Kier alpha value is -2.71. The summed E-state index contributed by atoms with van der Waals surface area (Å²) in [5.41, 5.74) is 1.97. The molecule has 1 aromatic carbocycles. The first kappa shape index (κ1) is 16.7. The molecule has 9 heteroatoms. The zero-order valence-electron chi connectivity index (χ0n) is 13.9. The quantitative estimate of drug-likeness (QED) is 0.567. The van der Waals surface area contributed by atoms with Crippen LogP contribution >= 0.6 is 22.9 Å². The van der Waals surface area contributed by atoms with Crippen LogP contribution in [0.4, 0.5) is 5.82 Å². The van der Waals surface area contributed by atoms with Crippen molar-refractivity contribution in [1.82, 2.24) is 24.8 Å². The largest absolute Gasteiger partial charge is 0.306 e. The lowest BCUT2D eigenvalue weighted by molar-refractivity contribution is -0.116. The van der Waals surface area contributed by atoms with Crippen molar-refractivity contribution in [2.45, 2.75) is 20.0 Å². The number of nitrogens with zero attached hydrogens (tertiary/aromatic N) is 5. The van der Waals surface area contributed by atoms with Crippen molar-refractivity contribution < 1.29 is 4.79 Å². The van der Waals surface area contributed by atoms with Crippen molar-refractivity contribution in [2.75, 3.05) is 5.32 Å². The molecule has 7 nitrogen and oxygen atoms in total. The van der Waals surface area contributed by atoms with Gasteiger partial charge in [-0.3, -0.25) is 9.48 Å². The van der Waals surface area contributed by atoms with Crippen molar-refractivity contribution in [3.63, 3.8) is 0 Å². The van der Waals surface area contributed by atoms with Crippen molar-refractivity contribution >= 4 is 45.6 Å². The van der Waals surface area contributed by atoms with Gasteiger partial charge in [0, 0.05) is 10.3 Å². The Morgan fingerprint density at radius 2 is 2.12 bits per heavy atom. The van der Waals surface area contributed by atoms with Gasteiger partial charge in [0.2, 0.25) is 5.91 Å². The number of anilines is 1. The van der Waals surface area contributed by atoms with E-state index in [2.05, 4.69) is 20.6 Å². The first-order chi connectivity index (χ1) is 12.6. The number of nitrogens with one attached hydrogen (secondary N) is 1. The van der Waals surface area contributed by atoms with E-state index in [4.69, 9.17) is 11.6 Å². The van der Waals surface area contributed by atoms with Crippen molar-refractivity contribution in [3.8, 4) is 10.4 Å². The topological polar surface area (TPSA) is 77.6 Å². The number of hydrogen-bond acceptors (Lipinski definition) is 5. The fraction of sp³-hybridized carbons (Fsp3) is 0.176. The lowest BCUT2D eigenvalue weighted by atomic mass is 10.1. The molecule has 0 aliphatic carbocycles. The minimum Gasteiger partial charge on any atom is -0.306 e. The summed E-state index contributed by atoms with van der Waals surface area (Å²) < 4.78 is 2.42. The van der Waals surface area contributed by atoms with Gasteiger partial charge in [0.15, 0.2) is 5.82 Å². The fourth-order valence-corrected chi connectivity index (χ4v) is 3.70. The Morgan fingerprint density at radius 3 is 2.85 bits per heavy atom. The smallest absolute Gasteiger partial charge is 0.247 e.